The summed E-state index contributed by atoms with van der Waals surface area (Å²) in [4.78, 5) is 37.6. The van der Waals surface area contributed by atoms with Crippen LogP contribution >= 0.6 is 23.2 Å². The first-order valence-corrected chi connectivity index (χ1v) is 7.47. The Morgan fingerprint density at radius 3 is 2.62 bits per heavy atom. The third kappa shape index (κ3) is 2.91. The van der Waals surface area contributed by atoms with Crippen molar-refractivity contribution in [2.24, 2.45) is 0 Å². The number of hydrogen-bond donors (Lipinski definition) is 1. The summed E-state index contributed by atoms with van der Waals surface area (Å²) in [5, 5.41) is 11.4. The summed E-state index contributed by atoms with van der Waals surface area (Å²) < 4.78 is 0.932. The van der Waals surface area contributed by atoms with Crippen LogP contribution in [0.15, 0.2) is 46.0 Å². The highest BCUT2D eigenvalue weighted by Gasteiger charge is 2.13. The van der Waals surface area contributed by atoms with E-state index in [2.05, 4.69) is 4.98 Å². The van der Waals surface area contributed by atoms with Gasteiger partial charge in [0.15, 0.2) is 0 Å². The minimum Gasteiger partial charge on any atom is -0.307 e. The van der Waals surface area contributed by atoms with Crippen LogP contribution < -0.4 is 11.2 Å². The molecule has 0 aliphatic carbocycles. The van der Waals surface area contributed by atoms with E-state index in [0.29, 0.717) is 10.6 Å². The first-order valence-electron chi connectivity index (χ1n) is 6.72. The number of hydrogen-bond acceptors (Lipinski definition) is 4. The molecule has 0 radical (unpaired) electrons. The van der Waals surface area contributed by atoms with E-state index < -0.39 is 16.2 Å². The molecule has 122 valence electrons. The van der Waals surface area contributed by atoms with Crippen LogP contribution in [-0.4, -0.2) is 14.5 Å². The predicted octanol–water partition coefficient (Wildman–Crippen LogP) is 2.95. The maximum Gasteiger partial charge on any atom is 0.329 e. The third-order valence-corrected chi connectivity index (χ3v) is 3.98. The van der Waals surface area contributed by atoms with Crippen molar-refractivity contribution in [3.63, 3.8) is 0 Å². The van der Waals surface area contributed by atoms with E-state index in [1.165, 1.54) is 30.3 Å². The van der Waals surface area contributed by atoms with Crippen LogP contribution in [0.2, 0.25) is 10.0 Å². The van der Waals surface area contributed by atoms with Gasteiger partial charge in [0.25, 0.3) is 11.2 Å². The zero-order valence-electron chi connectivity index (χ0n) is 12.0. The lowest BCUT2D eigenvalue weighted by atomic mass is 10.2. The molecule has 0 aliphatic rings. The lowest BCUT2D eigenvalue weighted by molar-refractivity contribution is -0.384. The summed E-state index contributed by atoms with van der Waals surface area (Å²) in [5.41, 5.74) is -0.694. The number of fused-ring (bicyclic) bond motifs is 1. The van der Waals surface area contributed by atoms with Gasteiger partial charge in [0, 0.05) is 17.2 Å². The van der Waals surface area contributed by atoms with Gasteiger partial charge >= 0.3 is 5.69 Å². The largest absolute Gasteiger partial charge is 0.329 e. The van der Waals surface area contributed by atoms with Crippen molar-refractivity contribution >= 4 is 39.8 Å². The highest BCUT2D eigenvalue weighted by Crippen LogP contribution is 2.23. The van der Waals surface area contributed by atoms with E-state index in [1.54, 1.807) is 6.07 Å². The van der Waals surface area contributed by atoms with E-state index in [9.17, 15) is 19.7 Å². The minimum atomic E-state index is -0.655. The Balaban J connectivity index is 2.17. The Bertz CT molecular complexity index is 1090. The first kappa shape index (κ1) is 16.2. The highest BCUT2D eigenvalue weighted by atomic mass is 35.5. The Morgan fingerprint density at radius 1 is 1.17 bits per heavy atom. The number of aromatic amines is 1. The molecule has 3 aromatic rings. The average Bonchev–Trinajstić information content (AvgIpc) is 2.50. The van der Waals surface area contributed by atoms with E-state index in [-0.39, 0.29) is 28.2 Å². The Labute approximate surface area is 144 Å². The maximum atomic E-state index is 12.6. The zero-order chi connectivity index (χ0) is 17.4. The first-order chi connectivity index (χ1) is 11.4. The summed E-state index contributed by atoms with van der Waals surface area (Å²) in [7, 11) is 0. The molecule has 0 saturated carbocycles. The molecule has 0 saturated heterocycles. The number of non-ortho nitro benzene ring substituents is 1. The molecule has 9 heteroatoms. The van der Waals surface area contributed by atoms with Crippen molar-refractivity contribution in [1.82, 2.24) is 9.55 Å². The molecule has 0 atom stereocenters. The summed E-state index contributed by atoms with van der Waals surface area (Å²) in [6.45, 7) is -0.120. The average molecular weight is 366 g/mol. The van der Waals surface area contributed by atoms with Gasteiger partial charge in [-0.15, -0.1) is 0 Å². The SMILES string of the molecule is O=c1[nH]c2cc(Cl)cc(Cl)c2c(=O)n1Cc1cccc([N+](=O)[O-])c1. The fourth-order valence-electron chi connectivity index (χ4n) is 2.39. The Morgan fingerprint density at radius 2 is 1.92 bits per heavy atom. The molecule has 7 nitrogen and oxygen atoms in total. The van der Waals surface area contributed by atoms with Crippen LogP contribution in [0.5, 0.6) is 0 Å². The van der Waals surface area contributed by atoms with E-state index in [0.717, 1.165) is 4.57 Å². The van der Waals surface area contributed by atoms with E-state index >= 15 is 0 Å². The number of rotatable bonds is 3. The second kappa shape index (κ2) is 6.10. The van der Waals surface area contributed by atoms with Crippen molar-refractivity contribution in [2.75, 3.05) is 0 Å². The van der Waals surface area contributed by atoms with Gasteiger partial charge < -0.3 is 4.98 Å². The van der Waals surface area contributed by atoms with Crippen LogP contribution in [0, 0.1) is 10.1 Å². The molecule has 24 heavy (non-hydrogen) atoms. The molecule has 0 spiro atoms. The van der Waals surface area contributed by atoms with Crippen molar-refractivity contribution in [1.29, 1.82) is 0 Å². The quantitative estimate of drug-likeness (QED) is 0.569. The molecule has 1 heterocycles. The highest BCUT2D eigenvalue weighted by molar-refractivity contribution is 6.38. The molecule has 3 rings (SSSR count). The lowest BCUT2D eigenvalue weighted by Gasteiger charge is -2.08. The number of aromatic nitrogens is 2. The van der Waals surface area contributed by atoms with Gasteiger partial charge in [0.1, 0.15) is 0 Å². The smallest absolute Gasteiger partial charge is 0.307 e. The molecule has 0 bridgehead atoms. The molecule has 0 amide bonds. The summed E-state index contributed by atoms with van der Waals surface area (Å²) in [6, 6.07) is 8.55. The number of nitrogens with one attached hydrogen (secondary N) is 1. The number of nitrogens with zero attached hydrogens (tertiary/aromatic N) is 2. The fourth-order valence-corrected chi connectivity index (χ4v) is 2.97. The van der Waals surface area contributed by atoms with Gasteiger partial charge in [0.2, 0.25) is 0 Å². The predicted molar refractivity (Wildman–Crippen MR) is 91.0 cm³/mol. The van der Waals surface area contributed by atoms with Gasteiger partial charge in [-0.1, -0.05) is 35.3 Å². The second-order valence-electron chi connectivity index (χ2n) is 5.06. The van der Waals surface area contributed by atoms with Gasteiger partial charge in [-0.2, -0.15) is 0 Å². The van der Waals surface area contributed by atoms with Crippen molar-refractivity contribution in [2.45, 2.75) is 6.54 Å². The van der Waals surface area contributed by atoms with Crippen LogP contribution in [0.25, 0.3) is 10.9 Å². The topological polar surface area (TPSA) is 98.0 Å². The monoisotopic (exact) mass is 365 g/mol. The normalized spacial score (nSPS) is 10.9. The van der Waals surface area contributed by atoms with E-state index in [1.807, 2.05) is 0 Å². The third-order valence-electron chi connectivity index (χ3n) is 3.46. The fraction of sp³-hybridized carbons (Fsp3) is 0.0667. The summed E-state index contributed by atoms with van der Waals surface area (Å²) >= 11 is 11.9. The molecular weight excluding hydrogens is 357 g/mol. The van der Waals surface area contributed by atoms with Crippen molar-refractivity contribution in [3.05, 3.63) is 83.0 Å². The minimum absolute atomic E-state index is 0.117. The van der Waals surface area contributed by atoms with Gasteiger partial charge in [-0.05, 0) is 17.7 Å². The van der Waals surface area contributed by atoms with Gasteiger partial charge in [-0.25, -0.2) is 4.79 Å². The number of nitro groups is 1. The van der Waals surface area contributed by atoms with Gasteiger partial charge in [0.05, 0.1) is 27.4 Å². The summed E-state index contributed by atoms with van der Waals surface area (Å²) in [5.74, 6) is 0. The number of benzene rings is 2. The van der Waals surface area contributed by atoms with Crippen molar-refractivity contribution in [3.8, 4) is 0 Å². The number of nitro benzene ring substituents is 1. The molecule has 0 fully saturated rings. The Hall–Kier alpha value is -2.64. The lowest BCUT2D eigenvalue weighted by Crippen LogP contribution is -2.35. The van der Waals surface area contributed by atoms with E-state index in [4.69, 9.17) is 23.2 Å². The summed E-state index contributed by atoms with van der Waals surface area (Å²) in [6.07, 6.45) is 0. The molecular formula is C15H9Cl2N3O4. The second-order valence-corrected chi connectivity index (χ2v) is 5.90. The van der Waals surface area contributed by atoms with Crippen LogP contribution in [0.1, 0.15) is 5.56 Å². The van der Waals surface area contributed by atoms with Gasteiger partial charge in [-0.3, -0.25) is 19.5 Å². The number of halogens is 2. The van der Waals surface area contributed by atoms with Crippen LogP contribution in [0.3, 0.4) is 0 Å². The standard InChI is InChI=1S/C15H9Cl2N3O4/c16-9-5-11(17)13-12(6-9)18-15(22)19(14(13)21)7-8-2-1-3-10(4-8)20(23)24/h1-6H,7H2,(H,18,22). The zero-order valence-corrected chi connectivity index (χ0v) is 13.5. The Kier molecular flexibility index (Phi) is 4.13. The molecule has 2 aromatic carbocycles. The van der Waals surface area contributed by atoms with Crippen molar-refractivity contribution < 1.29 is 4.92 Å². The number of H-pyrrole nitrogens is 1. The van der Waals surface area contributed by atoms with Crippen LogP contribution in [0.4, 0.5) is 5.69 Å². The molecule has 1 N–H and O–H groups in total. The molecule has 1 aromatic heterocycles. The maximum absolute atomic E-state index is 12.6. The molecule has 0 aliphatic heterocycles. The molecule has 0 unspecified atom stereocenters. The van der Waals surface area contributed by atoms with Crippen LogP contribution in [-0.2, 0) is 6.54 Å².